The normalized spacial score (nSPS) is 27.7. The van der Waals surface area contributed by atoms with Crippen molar-refractivity contribution in [1.29, 1.82) is 0 Å². The van der Waals surface area contributed by atoms with Crippen LogP contribution < -0.4 is 5.73 Å². The Hall–Kier alpha value is -0.300. The minimum absolute atomic E-state index is 0.375. The highest BCUT2D eigenvalue weighted by molar-refractivity contribution is 5.22. The molecule has 0 saturated carbocycles. The first-order valence-corrected chi connectivity index (χ1v) is 3.69. The minimum atomic E-state index is 0.375. The molecule has 0 radical (unpaired) electrons. The summed E-state index contributed by atoms with van der Waals surface area (Å²) in [6.07, 6.45) is 3.61. The number of hydrogen-bond acceptors (Lipinski definition) is 1. The van der Waals surface area contributed by atoms with E-state index in [-0.39, 0.29) is 0 Å². The van der Waals surface area contributed by atoms with Crippen LogP contribution in [-0.4, -0.2) is 6.04 Å². The van der Waals surface area contributed by atoms with Crippen LogP contribution >= 0.6 is 0 Å². The molecule has 1 aliphatic rings. The Morgan fingerprint density at radius 2 is 2.33 bits per heavy atom. The summed E-state index contributed by atoms with van der Waals surface area (Å²) in [5.74, 6) is 0. The van der Waals surface area contributed by atoms with Gasteiger partial charge in [0.2, 0.25) is 0 Å². The number of allylic oxidation sites excluding steroid dienone is 1. The van der Waals surface area contributed by atoms with Crippen LogP contribution in [0.15, 0.2) is 11.1 Å². The molecule has 0 saturated heterocycles. The summed E-state index contributed by atoms with van der Waals surface area (Å²) >= 11 is 0. The Kier molecular flexibility index (Phi) is 1.91. The van der Waals surface area contributed by atoms with E-state index in [0.29, 0.717) is 6.04 Å². The third kappa shape index (κ3) is 1.16. The molecule has 1 rings (SSSR count). The summed E-state index contributed by atoms with van der Waals surface area (Å²) in [7, 11) is 0. The molecule has 9 heavy (non-hydrogen) atoms. The van der Waals surface area contributed by atoms with Crippen LogP contribution in [0, 0.1) is 0 Å². The zero-order valence-corrected chi connectivity index (χ0v) is 6.28. The first kappa shape index (κ1) is 6.81. The third-order valence-electron chi connectivity index (χ3n) is 2.30. The zero-order valence-electron chi connectivity index (χ0n) is 6.28. The van der Waals surface area contributed by atoms with Gasteiger partial charge < -0.3 is 5.73 Å². The summed E-state index contributed by atoms with van der Waals surface area (Å²) < 4.78 is 0. The third-order valence-corrected chi connectivity index (χ3v) is 2.30. The first-order chi connectivity index (χ1) is 4.25. The van der Waals surface area contributed by atoms with Crippen molar-refractivity contribution in [3.05, 3.63) is 11.1 Å². The van der Waals surface area contributed by atoms with Crippen molar-refractivity contribution in [1.82, 2.24) is 0 Å². The highest BCUT2D eigenvalue weighted by Gasteiger charge is 2.16. The summed E-state index contributed by atoms with van der Waals surface area (Å²) in [6, 6.07) is 0.375. The van der Waals surface area contributed by atoms with E-state index >= 15 is 0 Å². The van der Waals surface area contributed by atoms with Gasteiger partial charge in [0.15, 0.2) is 0 Å². The summed E-state index contributed by atoms with van der Waals surface area (Å²) in [4.78, 5) is 0. The standard InChI is InChI=1S/C8H15N/c1-3-7-4-5-8(9)6(7)2/h8H,3-5,9H2,1-2H3. The van der Waals surface area contributed by atoms with Gasteiger partial charge in [-0.3, -0.25) is 0 Å². The lowest BCUT2D eigenvalue weighted by molar-refractivity contribution is 0.747. The van der Waals surface area contributed by atoms with Gasteiger partial charge in [0.25, 0.3) is 0 Å². The molecule has 1 atom stereocenters. The highest BCUT2D eigenvalue weighted by Crippen LogP contribution is 2.26. The maximum absolute atomic E-state index is 5.79. The van der Waals surface area contributed by atoms with Gasteiger partial charge in [0, 0.05) is 6.04 Å². The fraction of sp³-hybridized carbons (Fsp3) is 0.750. The largest absolute Gasteiger partial charge is 0.324 e. The Morgan fingerprint density at radius 1 is 1.67 bits per heavy atom. The predicted molar refractivity (Wildman–Crippen MR) is 40.2 cm³/mol. The number of nitrogens with two attached hydrogens (primary N) is 1. The molecular weight excluding hydrogens is 110 g/mol. The number of rotatable bonds is 1. The molecule has 0 aromatic carbocycles. The van der Waals surface area contributed by atoms with Crippen molar-refractivity contribution in [3.8, 4) is 0 Å². The van der Waals surface area contributed by atoms with E-state index in [9.17, 15) is 0 Å². The SMILES string of the molecule is CCC1=C(C)C(N)CC1. The maximum Gasteiger partial charge on any atom is 0.0256 e. The van der Waals surface area contributed by atoms with Crippen LogP contribution in [0.4, 0.5) is 0 Å². The maximum atomic E-state index is 5.79. The van der Waals surface area contributed by atoms with Gasteiger partial charge in [-0.15, -0.1) is 0 Å². The molecule has 0 spiro atoms. The van der Waals surface area contributed by atoms with E-state index < -0.39 is 0 Å². The molecule has 1 aliphatic carbocycles. The van der Waals surface area contributed by atoms with E-state index in [4.69, 9.17) is 5.73 Å². The molecule has 0 heterocycles. The van der Waals surface area contributed by atoms with Crippen LogP contribution in [0.1, 0.15) is 33.1 Å². The molecule has 1 nitrogen and oxygen atoms in total. The van der Waals surface area contributed by atoms with Crippen molar-refractivity contribution in [3.63, 3.8) is 0 Å². The Balaban J connectivity index is 2.68. The minimum Gasteiger partial charge on any atom is -0.324 e. The lowest BCUT2D eigenvalue weighted by Crippen LogP contribution is -2.16. The molecule has 0 aromatic rings. The van der Waals surface area contributed by atoms with Gasteiger partial charge in [-0.2, -0.15) is 0 Å². The second-order valence-corrected chi connectivity index (χ2v) is 2.79. The second kappa shape index (κ2) is 2.53. The van der Waals surface area contributed by atoms with Crippen LogP contribution in [-0.2, 0) is 0 Å². The quantitative estimate of drug-likeness (QED) is 0.532. The second-order valence-electron chi connectivity index (χ2n) is 2.79. The lowest BCUT2D eigenvalue weighted by atomic mass is 10.1. The number of hydrogen-bond donors (Lipinski definition) is 1. The highest BCUT2D eigenvalue weighted by atomic mass is 14.6. The van der Waals surface area contributed by atoms with E-state index in [0.717, 1.165) is 0 Å². The molecule has 1 heteroatoms. The van der Waals surface area contributed by atoms with E-state index in [1.54, 1.807) is 5.57 Å². The van der Waals surface area contributed by atoms with Crippen molar-refractivity contribution >= 4 is 0 Å². The summed E-state index contributed by atoms with van der Waals surface area (Å²) in [5.41, 5.74) is 8.81. The average molecular weight is 125 g/mol. The van der Waals surface area contributed by atoms with Crippen LogP contribution in [0.3, 0.4) is 0 Å². The van der Waals surface area contributed by atoms with E-state index in [1.165, 1.54) is 24.8 Å². The summed E-state index contributed by atoms with van der Waals surface area (Å²) in [6.45, 7) is 4.37. The van der Waals surface area contributed by atoms with Gasteiger partial charge in [-0.25, -0.2) is 0 Å². The van der Waals surface area contributed by atoms with E-state index in [2.05, 4.69) is 13.8 Å². The molecule has 0 amide bonds. The van der Waals surface area contributed by atoms with Gasteiger partial charge >= 0.3 is 0 Å². The molecule has 0 bridgehead atoms. The first-order valence-electron chi connectivity index (χ1n) is 3.69. The Bertz CT molecular complexity index is 136. The molecule has 0 aromatic heterocycles. The molecule has 0 fully saturated rings. The molecule has 2 N–H and O–H groups in total. The van der Waals surface area contributed by atoms with Crippen molar-refractivity contribution in [2.75, 3.05) is 0 Å². The van der Waals surface area contributed by atoms with Crippen molar-refractivity contribution < 1.29 is 0 Å². The van der Waals surface area contributed by atoms with Gasteiger partial charge in [-0.1, -0.05) is 18.1 Å². The van der Waals surface area contributed by atoms with Gasteiger partial charge in [0.05, 0.1) is 0 Å². The van der Waals surface area contributed by atoms with Crippen molar-refractivity contribution in [2.24, 2.45) is 5.73 Å². The molecular formula is C8H15N. The van der Waals surface area contributed by atoms with Crippen LogP contribution in [0.5, 0.6) is 0 Å². The molecule has 0 aliphatic heterocycles. The fourth-order valence-corrected chi connectivity index (χ4v) is 1.46. The molecule has 52 valence electrons. The smallest absolute Gasteiger partial charge is 0.0256 e. The van der Waals surface area contributed by atoms with Gasteiger partial charge in [-0.05, 0) is 26.2 Å². The Labute approximate surface area is 56.9 Å². The molecule has 1 unspecified atom stereocenters. The predicted octanol–water partition coefficient (Wildman–Crippen LogP) is 1.83. The average Bonchev–Trinajstić information content (AvgIpc) is 2.15. The van der Waals surface area contributed by atoms with Crippen LogP contribution in [0.2, 0.25) is 0 Å². The Morgan fingerprint density at radius 3 is 2.56 bits per heavy atom. The van der Waals surface area contributed by atoms with Crippen LogP contribution in [0.25, 0.3) is 0 Å². The fourth-order valence-electron chi connectivity index (χ4n) is 1.46. The monoisotopic (exact) mass is 125 g/mol. The lowest BCUT2D eigenvalue weighted by Gasteiger charge is -2.02. The van der Waals surface area contributed by atoms with Gasteiger partial charge in [0.1, 0.15) is 0 Å². The zero-order chi connectivity index (χ0) is 6.85. The topological polar surface area (TPSA) is 26.0 Å². The summed E-state index contributed by atoms with van der Waals surface area (Å²) in [5, 5.41) is 0. The van der Waals surface area contributed by atoms with E-state index in [1.807, 2.05) is 0 Å². The van der Waals surface area contributed by atoms with Crippen molar-refractivity contribution in [2.45, 2.75) is 39.2 Å².